The van der Waals surface area contributed by atoms with Crippen molar-refractivity contribution in [1.29, 1.82) is 0 Å². The van der Waals surface area contributed by atoms with Crippen LogP contribution in [0.1, 0.15) is 50.7 Å². The van der Waals surface area contributed by atoms with Crippen molar-refractivity contribution in [2.75, 3.05) is 0 Å². The molecule has 1 aromatic carbocycles. The van der Waals surface area contributed by atoms with Crippen LogP contribution >= 0.6 is 0 Å². The molecule has 2 rings (SSSR count). The summed E-state index contributed by atoms with van der Waals surface area (Å²) < 4.78 is 5.91. The molecule has 3 unspecified atom stereocenters. The van der Waals surface area contributed by atoms with Crippen molar-refractivity contribution >= 4 is 0 Å². The predicted molar refractivity (Wildman–Crippen MR) is 70.6 cm³/mol. The zero-order chi connectivity index (χ0) is 13.0. The number of benzene rings is 1. The van der Waals surface area contributed by atoms with Gasteiger partial charge in [-0.25, -0.2) is 0 Å². The van der Waals surface area contributed by atoms with Gasteiger partial charge in [0.2, 0.25) is 0 Å². The Balaban J connectivity index is 2.12. The Morgan fingerprint density at radius 1 is 1.28 bits per heavy atom. The Kier molecular flexibility index (Phi) is 4.61. The molecule has 3 atom stereocenters. The van der Waals surface area contributed by atoms with Gasteiger partial charge in [-0.15, -0.1) is 0 Å². The Morgan fingerprint density at radius 2 is 2.00 bits per heavy atom. The highest BCUT2D eigenvalue weighted by atomic mass is 16.5. The normalized spacial score (nSPS) is 25.7. The minimum absolute atomic E-state index is 0.135. The zero-order valence-electron chi connectivity index (χ0n) is 10.9. The van der Waals surface area contributed by atoms with Crippen molar-refractivity contribution in [3.05, 3.63) is 29.8 Å². The number of aliphatic hydroxyl groups is 2. The van der Waals surface area contributed by atoms with Crippen molar-refractivity contribution < 1.29 is 14.9 Å². The maximum absolute atomic E-state index is 9.96. The van der Waals surface area contributed by atoms with Crippen LogP contribution in [0.4, 0.5) is 0 Å². The number of para-hydroxylation sites is 1. The number of ether oxygens (including phenoxy) is 1. The SMILES string of the molecule is CCC(O)c1ccccc1OC1CCCCC1O. The molecule has 0 amide bonds. The van der Waals surface area contributed by atoms with Crippen molar-refractivity contribution in [3.63, 3.8) is 0 Å². The van der Waals surface area contributed by atoms with Crippen molar-refractivity contribution in [3.8, 4) is 5.75 Å². The van der Waals surface area contributed by atoms with Crippen LogP contribution in [0.15, 0.2) is 24.3 Å². The first kappa shape index (κ1) is 13.4. The summed E-state index contributed by atoms with van der Waals surface area (Å²) in [5.74, 6) is 0.706. The van der Waals surface area contributed by atoms with Gasteiger partial charge in [-0.05, 0) is 31.7 Å². The minimum Gasteiger partial charge on any atom is -0.487 e. The molecule has 2 N–H and O–H groups in total. The van der Waals surface area contributed by atoms with E-state index in [9.17, 15) is 10.2 Å². The van der Waals surface area contributed by atoms with Gasteiger partial charge in [0, 0.05) is 5.56 Å². The van der Waals surface area contributed by atoms with Crippen LogP contribution in [0.3, 0.4) is 0 Å². The minimum atomic E-state index is -0.498. The van der Waals surface area contributed by atoms with Crippen LogP contribution in [-0.4, -0.2) is 22.4 Å². The van der Waals surface area contributed by atoms with Gasteiger partial charge >= 0.3 is 0 Å². The third kappa shape index (κ3) is 3.03. The molecule has 100 valence electrons. The lowest BCUT2D eigenvalue weighted by atomic mass is 9.94. The van der Waals surface area contributed by atoms with E-state index in [0.29, 0.717) is 12.2 Å². The van der Waals surface area contributed by atoms with Gasteiger partial charge in [0.15, 0.2) is 0 Å². The monoisotopic (exact) mass is 250 g/mol. The lowest BCUT2D eigenvalue weighted by Crippen LogP contribution is -2.34. The van der Waals surface area contributed by atoms with Crippen LogP contribution in [0.5, 0.6) is 5.75 Å². The predicted octanol–water partition coefficient (Wildman–Crippen LogP) is 2.81. The van der Waals surface area contributed by atoms with Crippen LogP contribution < -0.4 is 4.74 Å². The first-order chi connectivity index (χ1) is 8.72. The summed E-state index contributed by atoms with van der Waals surface area (Å²) in [6.07, 6.45) is 3.51. The molecule has 3 heteroatoms. The molecule has 0 aromatic heterocycles. The topological polar surface area (TPSA) is 49.7 Å². The average Bonchev–Trinajstić information content (AvgIpc) is 2.41. The van der Waals surface area contributed by atoms with Gasteiger partial charge in [-0.1, -0.05) is 31.5 Å². The second-order valence-corrected chi connectivity index (χ2v) is 4.97. The maximum Gasteiger partial charge on any atom is 0.125 e. The third-order valence-corrected chi connectivity index (χ3v) is 3.61. The molecule has 0 spiro atoms. The van der Waals surface area contributed by atoms with Crippen LogP contribution in [0, 0.1) is 0 Å². The molecule has 18 heavy (non-hydrogen) atoms. The summed E-state index contributed by atoms with van der Waals surface area (Å²) in [5, 5.41) is 19.9. The molecular formula is C15H22O3. The van der Waals surface area contributed by atoms with E-state index in [1.807, 2.05) is 31.2 Å². The van der Waals surface area contributed by atoms with E-state index in [-0.39, 0.29) is 12.2 Å². The quantitative estimate of drug-likeness (QED) is 0.864. The highest BCUT2D eigenvalue weighted by Gasteiger charge is 2.25. The molecule has 3 nitrogen and oxygen atoms in total. The van der Waals surface area contributed by atoms with Gasteiger partial charge in [0.05, 0.1) is 12.2 Å². The fourth-order valence-corrected chi connectivity index (χ4v) is 2.46. The molecule has 0 aliphatic heterocycles. The smallest absolute Gasteiger partial charge is 0.125 e. The number of hydrogen-bond acceptors (Lipinski definition) is 3. The Morgan fingerprint density at radius 3 is 2.72 bits per heavy atom. The van der Waals surface area contributed by atoms with Crippen molar-refractivity contribution in [2.24, 2.45) is 0 Å². The zero-order valence-corrected chi connectivity index (χ0v) is 10.9. The Hall–Kier alpha value is -1.06. The molecule has 0 saturated heterocycles. The first-order valence-corrected chi connectivity index (χ1v) is 6.84. The molecule has 1 saturated carbocycles. The van der Waals surface area contributed by atoms with E-state index >= 15 is 0 Å². The first-order valence-electron chi connectivity index (χ1n) is 6.84. The molecule has 1 aliphatic carbocycles. The number of aliphatic hydroxyl groups excluding tert-OH is 2. The molecule has 1 aliphatic rings. The van der Waals surface area contributed by atoms with Gasteiger partial charge < -0.3 is 14.9 Å². The van der Waals surface area contributed by atoms with Gasteiger partial charge in [0.1, 0.15) is 11.9 Å². The van der Waals surface area contributed by atoms with Crippen molar-refractivity contribution in [2.45, 2.75) is 57.3 Å². The summed E-state index contributed by atoms with van der Waals surface area (Å²) in [7, 11) is 0. The second kappa shape index (κ2) is 6.21. The van der Waals surface area contributed by atoms with E-state index in [0.717, 1.165) is 31.2 Å². The average molecular weight is 250 g/mol. The summed E-state index contributed by atoms with van der Waals surface area (Å²) in [4.78, 5) is 0. The maximum atomic E-state index is 9.96. The number of rotatable bonds is 4. The van der Waals surface area contributed by atoms with Crippen LogP contribution in [-0.2, 0) is 0 Å². The molecule has 0 heterocycles. The summed E-state index contributed by atoms with van der Waals surface area (Å²) in [6, 6.07) is 7.56. The highest BCUT2D eigenvalue weighted by molar-refractivity contribution is 5.35. The standard InChI is InChI=1S/C15H22O3/c1-2-12(16)11-7-3-5-9-14(11)18-15-10-6-4-8-13(15)17/h3,5,7,9,12-13,15-17H,2,4,6,8,10H2,1H3. The second-order valence-electron chi connectivity index (χ2n) is 4.97. The number of hydrogen-bond donors (Lipinski definition) is 2. The van der Waals surface area contributed by atoms with Gasteiger partial charge in [-0.2, -0.15) is 0 Å². The summed E-state index contributed by atoms with van der Waals surface area (Å²) in [6.45, 7) is 1.94. The van der Waals surface area contributed by atoms with E-state index < -0.39 is 6.10 Å². The lowest BCUT2D eigenvalue weighted by Gasteiger charge is -2.29. The summed E-state index contributed by atoms with van der Waals surface area (Å²) in [5.41, 5.74) is 0.817. The molecule has 0 bridgehead atoms. The lowest BCUT2D eigenvalue weighted by molar-refractivity contribution is 0.00504. The Labute approximate surface area is 108 Å². The van der Waals surface area contributed by atoms with E-state index in [4.69, 9.17) is 4.74 Å². The van der Waals surface area contributed by atoms with Crippen LogP contribution in [0.2, 0.25) is 0 Å². The summed E-state index contributed by atoms with van der Waals surface area (Å²) >= 11 is 0. The fraction of sp³-hybridized carbons (Fsp3) is 0.600. The van der Waals surface area contributed by atoms with E-state index in [1.54, 1.807) is 0 Å². The Bertz CT molecular complexity index is 378. The molecule has 1 fully saturated rings. The van der Waals surface area contributed by atoms with Gasteiger partial charge in [-0.3, -0.25) is 0 Å². The largest absolute Gasteiger partial charge is 0.487 e. The molecule has 1 aromatic rings. The molecule has 0 radical (unpaired) electrons. The van der Waals surface area contributed by atoms with E-state index in [2.05, 4.69) is 0 Å². The van der Waals surface area contributed by atoms with Crippen LogP contribution in [0.25, 0.3) is 0 Å². The van der Waals surface area contributed by atoms with Crippen molar-refractivity contribution in [1.82, 2.24) is 0 Å². The third-order valence-electron chi connectivity index (χ3n) is 3.61. The molecular weight excluding hydrogens is 228 g/mol. The highest BCUT2D eigenvalue weighted by Crippen LogP contribution is 2.30. The van der Waals surface area contributed by atoms with E-state index in [1.165, 1.54) is 0 Å². The fourth-order valence-electron chi connectivity index (χ4n) is 2.46. The van der Waals surface area contributed by atoms with Gasteiger partial charge in [0.25, 0.3) is 0 Å².